The number of hydrogen-bond donors (Lipinski definition) is 1. The van der Waals surface area contributed by atoms with Crippen LogP contribution in [0.2, 0.25) is 0 Å². The molecule has 0 unspecified atom stereocenters. The fourth-order valence-corrected chi connectivity index (χ4v) is 4.61. The summed E-state index contributed by atoms with van der Waals surface area (Å²) in [4.78, 5) is 29.2. The van der Waals surface area contributed by atoms with E-state index in [1.54, 1.807) is 68.8 Å². The quantitative estimate of drug-likeness (QED) is 0.445. The van der Waals surface area contributed by atoms with Gasteiger partial charge in [0, 0.05) is 17.8 Å². The number of nitrogens with zero attached hydrogens (tertiary/aromatic N) is 1. The number of hydrogen-bond acceptors (Lipinski definition) is 6. The van der Waals surface area contributed by atoms with E-state index in [1.807, 2.05) is 0 Å². The molecule has 1 fully saturated rings. The Morgan fingerprint density at radius 2 is 1.64 bits per heavy atom. The standard InChI is InChI=1S/C28H32N2O6/c1-33-22-14-11-19(12-15-22)26(27(31)29-20-8-5-4-6-9-20)30(28(32)24-10-7-17-36-24)21-13-16-23(34-2)25(18-21)35-3/h7,10-18,20,26H,4-6,8-9H2,1-3H3,(H,29,31)/t26-/m1/s1. The fourth-order valence-electron chi connectivity index (χ4n) is 4.61. The van der Waals surface area contributed by atoms with Gasteiger partial charge < -0.3 is 23.9 Å². The first-order valence-electron chi connectivity index (χ1n) is 12.1. The summed E-state index contributed by atoms with van der Waals surface area (Å²) in [6.07, 6.45) is 6.59. The SMILES string of the molecule is COc1ccc([C@H](C(=O)NC2CCCCC2)N(C(=O)c2ccco2)c2ccc(OC)c(OC)c2)cc1. The molecule has 190 valence electrons. The van der Waals surface area contributed by atoms with Crippen molar-refractivity contribution in [3.8, 4) is 17.2 Å². The van der Waals surface area contributed by atoms with Gasteiger partial charge in [-0.3, -0.25) is 14.5 Å². The van der Waals surface area contributed by atoms with Crippen molar-refractivity contribution in [3.63, 3.8) is 0 Å². The highest BCUT2D eigenvalue weighted by atomic mass is 16.5. The molecular weight excluding hydrogens is 460 g/mol. The van der Waals surface area contributed by atoms with Crippen LogP contribution in [0.3, 0.4) is 0 Å². The second kappa shape index (κ2) is 11.7. The Hall–Kier alpha value is -3.94. The Balaban J connectivity index is 1.82. The largest absolute Gasteiger partial charge is 0.497 e. The number of rotatable bonds is 9. The van der Waals surface area contributed by atoms with Crippen LogP contribution in [0.1, 0.15) is 54.3 Å². The molecule has 1 atom stereocenters. The molecule has 0 radical (unpaired) electrons. The van der Waals surface area contributed by atoms with Crippen LogP contribution in [0.4, 0.5) is 5.69 Å². The molecule has 0 bridgehead atoms. The molecular formula is C28H32N2O6. The van der Waals surface area contributed by atoms with E-state index in [-0.39, 0.29) is 17.7 Å². The smallest absolute Gasteiger partial charge is 0.294 e. The second-order valence-corrected chi connectivity index (χ2v) is 8.71. The van der Waals surface area contributed by atoms with E-state index in [1.165, 1.54) is 24.7 Å². The molecule has 1 heterocycles. The van der Waals surface area contributed by atoms with Crippen molar-refractivity contribution in [1.29, 1.82) is 0 Å². The number of methoxy groups -OCH3 is 3. The molecule has 8 nitrogen and oxygen atoms in total. The number of carbonyl (C=O) groups excluding carboxylic acids is 2. The molecule has 0 spiro atoms. The van der Waals surface area contributed by atoms with Crippen LogP contribution >= 0.6 is 0 Å². The molecule has 2 aromatic carbocycles. The van der Waals surface area contributed by atoms with Gasteiger partial charge in [0.05, 0.1) is 27.6 Å². The van der Waals surface area contributed by atoms with Gasteiger partial charge in [0.1, 0.15) is 11.8 Å². The lowest BCUT2D eigenvalue weighted by Crippen LogP contribution is -2.47. The number of anilines is 1. The summed E-state index contributed by atoms with van der Waals surface area (Å²) in [6, 6.07) is 14.6. The van der Waals surface area contributed by atoms with Crippen molar-refractivity contribution < 1.29 is 28.2 Å². The molecule has 0 saturated heterocycles. The summed E-state index contributed by atoms with van der Waals surface area (Å²) in [7, 11) is 4.65. The Morgan fingerprint density at radius 1 is 0.917 bits per heavy atom. The highest BCUT2D eigenvalue weighted by molar-refractivity contribution is 6.08. The van der Waals surface area contributed by atoms with E-state index in [9.17, 15) is 9.59 Å². The van der Waals surface area contributed by atoms with Crippen molar-refractivity contribution in [3.05, 3.63) is 72.2 Å². The number of nitrogens with one attached hydrogen (secondary N) is 1. The fraction of sp³-hybridized carbons (Fsp3) is 0.357. The summed E-state index contributed by atoms with van der Waals surface area (Å²) in [6.45, 7) is 0. The third-order valence-electron chi connectivity index (χ3n) is 6.49. The van der Waals surface area contributed by atoms with Crippen LogP contribution < -0.4 is 24.4 Å². The number of ether oxygens (including phenoxy) is 3. The molecule has 36 heavy (non-hydrogen) atoms. The third-order valence-corrected chi connectivity index (χ3v) is 6.49. The molecule has 0 aliphatic heterocycles. The number of amides is 2. The van der Waals surface area contributed by atoms with Crippen LogP contribution in [-0.2, 0) is 4.79 Å². The van der Waals surface area contributed by atoms with Gasteiger partial charge in [-0.25, -0.2) is 0 Å². The lowest BCUT2D eigenvalue weighted by atomic mass is 9.94. The maximum Gasteiger partial charge on any atom is 0.294 e. The Bertz CT molecular complexity index is 1150. The highest BCUT2D eigenvalue weighted by Crippen LogP contribution is 2.37. The third kappa shape index (κ3) is 5.48. The summed E-state index contributed by atoms with van der Waals surface area (Å²) in [5.74, 6) is 1.01. The monoisotopic (exact) mass is 492 g/mol. The molecule has 2 amide bonds. The molecule has 3 aromatic rings. The van der Waals surface area contributed by atoms with E-state index in [2.05, 4.69) is 5.32 Å². The number of carbonyl (C=O) groups is 2. The number of furan rings is 1. The van der Waals surface area contributed by atoms with Crippen LogP contribution in [0.25, 0.3) is 0 Å². The van der Waals surface area contributed by atoms with Gasteiger partial charge in [-0.15, -0.1) is 0 Å². The summed E-state index contributed by atoms with van der Waals surface area (Å²) >= 11 is 0. The molecule has 1 N–H and O–H groups in total. The van der Waals surface area contributed by atoms with Crippen molar-refractivity contribution in [1.82, 2.24) is 5.32 Å². The van der Waals surface area contributed by atoms with Crippen LogP contribution in [0.5, 0.6) is 17.2 Å². The zero-order valence-corrected chi connectivity index (χ0v) is 20.9. The van der Waals surface area contributed by atoms with E-state index in [0.29, 0.717) is 28.5 Å². The summed E-state index contributed by atoms with van der Waals surface area (Å²) in [5, 5.41) is 3.20. The van der Waals surface area contributed by atoms with Crippen molar-refractivity contribution in [2.45, 2.75) is 44.2 Å². The average molecular weight is 493 g/mol. The minimum atomic E-state index is -0.964. The predicted octanol–water partition coefficient (Wildman–Crippen LogP) is 5.14. The molecule has 1 saturated carbocycles. The van der Waals surface area contributed by atoms with E-state index < -0.39 is 11.9 Å². The Morgan fingerprint density at radius 3 is 2.25 bits per heavy atom. The highest BCUT2D eigenvalue weighted by Gasteiger charge is 2.36. The van der Waals surface area contributed by atoms with E-state index in [4.69, 9.17) is 18.6 Å². The Kier molecular flexibility index (Phi) is 8.15. The van der Waals surface area contributed by atoms with Gasteiger partial charge in [-0.1, -0.05) is 31.4 Å². The molecule has 1 aliphatic rings. The molecule has 1 aliphatic carbocycles. The van der Waals surface area contributed by atoms with Gasteiger partial charge >= 0.3 is 0 Å². The van der Waals surface area contributed by atoms with E-state index >= 15 is 0 Å². The first-order chi connectivity index (χ1) is 17.5. The van der Waals surface area contributed by atoms with Crippen LogP contribution in [0, 0.1) is 0 Å². The zero-order valence-electron chi connectivity index (χ0n) is 20.9. The van der Waals surface area contributed by atoms with Crippen molar-refractivity contribution >= 4 is 17.5 Å². The van der Waals surface area contributed by atoms with Gasteiger partial charge in [0.15, 0.2) is 17.3 Å². The van der Waals surface area contributed by atoms with Gasteiger partial charge in [-0.2, -0.15) is 0 Å². The molecule has 1 aromatic heterocycles. The van der Waals surface area contributed by atoms with Crippen molar-refractivity contribution in [2.75, 3.05) is 26.2 Å². The number of benzene rings is 2. The minimum absolute atomic E-state index is 0.0676. The first-order valence-corrected chi connectivity index (χ1v) is 12.1. The minimum Gasteiger partial charge on any atom is -0.497 e. The van der Waals surface area contributed by atoms with Gasteiger partial charge in [0.2, 0.25) is 5.91 Å². The first kappa shape index (κ1) is 25.2. The summed E-state index contributed by atoms with van der Waals surface area (Å²) < 4.78 is 21.6. The van der Waals surface area contributed by atoms with Crippen molar-refractivity contribution in [2.24, 2.45) is 0 Å². The maximum atomic E-state index is 13.9. The van der Waals surface area contributed by atoms with E-state index in [0.717, 1.165) is 25.7 Å². The van der Waals surface area contributed by atoms with Crippen LogP contribution in [-0.4, -0.2) is 39.2 Å². The van der Waals surface area contributed by atoms with Gasteiger partial charge in [0.25, 0.3) is 5.91 Å². The van der Waals surface area contributed by atoms with Gasteiger partial charge in [-0.05, 0) is 54.8 Å². The Labute approximate surface area is 211 Å². The maximum absolute atomic E-state index is 13.9. The molecule has 4 rings (SSSR count). The lowest BCUT2D eigenvalue weighted by molar-refractivity contribution is -0.123. The topological polar surface area (TPSA) is 90.2 Å². The average Bonchev–Trinajstić information content (AvgIpc) is 3.47. The van der Waals surface area contributed by atoms with Crippen LogP contribution in [0.15, 0.2) is 65.3 Å². The summed E-state index contributed by atoms with van der Waals surface area (Å²) in [5.41, 5.74) is 1.10. The lowest BCUT2D eigenvalue weighted by Gasteiger charge is -2.33. The predicted molar refractivity (Wildman–Crippen MR) is 136 cm³/mol. The normalized spacial score (nSPS) is 14.5. The zero-order chi connectivity index (χ0) is 25.5. The second-order valence-electron chi connectivity index (χ2n) is 8.71. The molecule has 8 heteroatoms.